The number of nitrogens with one attached hydrogen (secondary N) is 1. The highest BCUT2D eigenvalue weighted by Crippen LogP contribution is 2.41. The van der Waals surface area contributed by atoms with Gasteiger partial charge < -0.3 is 4.74 Å². The average Bonchev–Trinajstić information content (AvgIpc) is 3.14. The van der Waals surface area contributed by atoms with Crippen LogP contribution in [0.5, 0.6) is 0 Å². The van der Waals surface area contributed by atoms with Gasteiger partial charge in [-0.3, -0.25) is 29.4 Å². The highest BCUT2D eigenvalue weighted by atomic mass is 16.6. The number of amides is 4. The van der Waals surface area contributed by atoms with E-state index in [0.717, 1.165) is 4.90 Å². The number of hydrogen-bond acceptors (Lipinski definition) is 5. The number of carbonyl (C=O) groups is 4. The van der Waals surface area contributed by atoms with Crippen LogP contribution in [0.4, 0.5) is 0 Å². The van der Waals surface area contributed by atoms with Crippen LogP contribution >= 0.6 is 0 Å². The monoisotopic (exact) mass is 274 g/mol. The van der Waals surface area contributed by atoms with Crippen LogP contribution in [0.1, 0.15) is 12.8 Å². The zero-order valence-electron chi connectivity index (χ0n) is 10.3. The van der Waals surface area contributed by atoms with Crippen molar-refractivity contribution in [3.05, 3.63) is 23.3 Å². The van der Waals surface area contributed by atoms with E-state index in [1.807, 2.05) is 0 Å². The molecule has 7 nitrogen and oxygen atoms in total. The van der Waals surface area contributed by atoms with Gasteiger partial charge in [-0.25, -0.2) is 0 Å². The van der Waals surface area contributed by atoms with Crippen molar-refractivity contribution in [2.75, 3.05) is 0 Å². The Morgan fingerprint density at radius 1 is 1.20 bits per heavy atom. The summed E-state index contributed by atoms with van der Waals surface area (Å²) >= 11 is 0. The van der Waals surface area contributed by atoms with E-state index in [-0.39, 0.29) is 31.0 Å². The molecule has 0 radical (unpaired) electrons. The van der Waals surface area contributed by atoms with Gasteiger partial charge in [0.2, 0.25) is 11.8 Å². The Labute approximate surface area is 113 Å². The molecule has 2 unspecified atom stereocenters. The second kappa shape index (κ2) is 3.63. The van der Waals surface area contributed by atoms with E-state index in [4.69, 9.17) is 4.74 Å². The molecule has 1 N–H and O–H groups in total. The lowest BCUT2D eigenvalue weighted by atomic mass is 10.00. The Morgan fingerprint density at radius 3 is 2.75 bits per heavy atom. The number of fused-ring (bicyclic) bond motifs is 2. The molecule has 4 amide bonds. The summed E-state index contributed by atoms with van der Waals surface area (Å²) in [6.45, 7) is 0. The molecule has 20 heavy (non-hydrogen) atoms. The average molecular weight is 274 g/mol. The third-order valence-electron chi connectivity index (χ3n) is 3.97. The normalized spacial score (nSPS) is 35.2. The first-order valence-corrected chi connectivity index (χ1v) is 6.37. The quantitative estimate of drug-likeness (QED) is 0.478. The van der Waals surface area contributed by atoms with E-state index in [0.29, 0.717) is 11.1 Å². The van der Waals surface area contributed by atoms with Gasteiger partial charge in [-0.1, -0.05) is 12.2 Å². The number of ether oxygens (including phenoxy) is 1. The molecule has 2 fully saturated rings. The molecule has 3 heterocycles. The minimum atomic E-state index is -0.913. The lowest BCUT2D eigenvalue weighted by Gasteiger charge is -2.28. The van der Waals surface area contributed by atoms with Gasteiger partial charge in [-0.05, 0) is 6.42 Å². The highest BCUT2D eigenvalue weighted by Gasteiger charge is 2.55. The third-order valence-corrected chi connectivity index (χ3v) is 3.97. The SMILES string of the molecule is O=C1CCC(N2C(=O)C3=C(C2=O)[C@@H]2OC2C=C3)C(=O)N1. The van der Waals surface area contributed by atoms with E-state index < -0.39 is 23.8 Å². The van der Waals surface area contributed by atoms with Crippen LogP contribution in [-0.2, 0) is 23.9 Å². The molecule has 0 spiro atoms. The summed E-state index contributed by atoms with van der Waals surface area (Å²) < 4.78 is 5.29. The molecule has 0 aromatic rings. The molecule has 4 aliphatic rings. The fraction of sp³-hybridized carbons (Fsp3) is 0.385. The Morgan fingerprint density at radius 2 is 2.00 bits per heavy atom. The van der Waals surface area contributed by atoms with Crippen molar-refractivity contribution in [3.63, 3.8) is 0 Å². The van der Waals surface area contributed by atoms with Gasteiger partial charge >= 0.3 is 0 Å². The summed E-state index contributed by atoms with van der Waals surface area (Å²) in [7, 11) is 0. The molecule has 102 valence electrons. The first-order valence-electron chi connectivity index (χ1n) is 6.37. The first kappa shape index (κ1) is 11.5. The van der Waals surface area contributed by atoms with Crippen molar-refractivity contribution in [2.24, 2.45) is 0 Å². The molecule has 1 aliphatic carbocycles. The van der Waals surface area contributed by atoms with E-state index in [1.54, 1.807) is 12.2 Å². The number of epoxide rings is 1. The predicted octanol–water partition coefficient (Wildman–Crippen LogP) is -1.21. The molecule has 2 saturated heterocycles. The maximum Gasteiger partial charge on any atom is 0.262 e. The van der Waals surface area contributed by atoms with Gasteiger partial charge in [0.1, 0.15) is 18.2 Å². The van der Waals surface area contributed by atoms with Crippen LogP contribution in [0.25, 0.3) is 0 Å². The summed E-state index contributed by atoms with van der Waals surface area (Å²) in [6.07, 6.45) is 3.12. The molecular weight excluding hydrogens is 264 g/mol. The number of rotatable bonds is 1. The minimum Gasteiger partial charge on any atom is -0.360 e. The Kier molecular flexibility index (Phi) is 2.10. The molecule has 3 atom stereocenters. The predicted molar refractivity (Wildman–Crippen MR) is 62.9 cm³/mol. The van der Waals surface area contributed by atoms with Crippen molar-refractivity contribution < 1.29 is 23.9 Å². The Balaban J connectivity index is 1.67. The summed E-state index contributed by atoms with van der Waals surface area (Å²) in [5, 5.41) is 2.16. The van der Waals surface area contributed by atoms with E-state index in [2.05, 4.69) is 5.32 Å². The summed E-state index contributed by atoms with van der Waals surface area (Å²) in [5.41, 5.74) is 0.644. The molecule has 0 aromatic carbocycles. The van der Waals surface area contributed by atoms with Crippen molar-refractivity contribution in [1.29, 1.82) is 0 Å². The Hall–Kier alpha value is -2.28. The minimum absolute atomic E-state index is 0.122. The fourth-order valence-electron chi connectivity index (χ4n) is 2.92. The zero-order chi connectivity index (χ0) is 14.0. The summed E-state index contributed by atoms with van der Waals surface area (Å²) in [5.74, 6) is -1.94. The third kappa shape index (κ3) is 1.38. The first-order chi connectivity index (χ1) is 9.58. The van der Waals surface area contributed by atoms with Crippen molar-refractivity contribution >= 4 is 23.6 Å². The number of carbonyl (C=O) groups excluding carboxylic acids is 4. The molecule has 0 aromatic heterocycles. The maximum atomic E-state index is 12.4. The lowest BCUT2D eigenvalue weighted by molar-refractivity contribution is -0.150. The second-order valence-corrected chi connectivity index (χ2v) is 5.15. The molecule has 3 aliphatic heterocycles. The lowest BCUT2D eigenvalue weighted by Crippen LogP contribution is -2.54. The highest BCUT2D eigenvalue weighted by molar-refractivity contribution is 6.23. The maximum absolute atomic E-state index is 12.4. The number of nitrogens with zero attached hydrogens (tertiary/aromatic N) is 1. The molecule has 4 rings (SSSR count). The van der Waals surface area contributed by atoms with Gasteiger partial charge in [0, 0.05) is 6.42 Å². The van der Waals surface area contributed by atoms with Crippen LogP contribution in [-0.4, -0.2) is 46.8 Å². The van der Waals surface area contributed by atoms with E-state index >= 15 is 0 Å². The molecule has 0 bridgehead atoms. The van der Waals surface area contributed by atoms with E-state index in [1.165, 1.54) is 0 Å². The van der Waals surface area contributed by atoms with Crippen LogP contribution in [0, 0.1) is 0 Å². The topological polar surface area (TPSA) is 96.1 Å². The molecule has 7 heteroatoms. The number of imide groups is 2. The van der Waals surface area contributed by atoms with Crippen LogP contribution < -0.4 is 5.32 Å². The van der Waals surface area contributed by atoms with Gasteiger partial charge in [-0.2, -0.15) is 0 Å². The molecule has 0 saturated carbocycles. The van der Waals surface area contributed by atoms with Crippen molar-refractivity contribution in [2.45, 2.75) is 31.1 Å². The second-order valence-electron chi connectivity index (χ2n) is 5.15. The van der Waals surface area contributed by atoms with E-state index in [9.17, 15) is 19.2 Å². The number of hydrogen-bond donors (Lipinski definition) is 1. The zero-order valence-corrected chi connectivity index (χ0v) is 10.3. The summed E-state index contributed by atoms with van der Waals surface area (Å²) in [6, 6.07) is -0.913. The van der Waals surface area contributed by atoms with Crippen LogP contribution in [0.15, 0.2) is 23.3 Å². The largest absolute Gasteiger partial charge is 0.360 e. The van der Waals surface area contributed by atoms with Gasteiger partial charge in [0.05, 0.1) is 11.1 Å². The summed E-state index contributed by atoms with van der Waals surface area (Å²) in [4.78, 5) is 48.6. The standard InChI is InChI=1S/C13H10N2O5/c16-8-4-2-6(11(17)14-8)15-12(18)5-1-3-7-10(20-7)9(5)13(15)19/h1,3,6-7,10H,2,4H2,(H,14,16,17)/t6?,7?,10-/m1/s1. The van der Waals surface area contributed by atoms with Gasteiger partial charge in [0.15, 0.2) is 0 Å². The van der Waals surface area contributed by atoms with Crippen molar-refractivity contribution in [1.82, 2.24) is 10.2 Å². The fourth-order valence-corrected chi connectivity index (χ4v) is 2.92. The Bertz CT molecular complexity index is 647. The van der Waals surface area contributed by atoms with Crippen LogP contribution in [0.3, 0.4) is 0 Å². The number of piperidine rings is 1. The van der Waals surface area contributed by atoms with Crippen LogP contribution in [0.2, 0.25) is 0 Å². The van der Waals surface area contributed by atoms with Gasteiger partial charge in [-0.15, -0.1) is 0 Å². The smallest absolute Gasteiger partial charge is 0.262 e. The molecular formula is C13H10N2O5. The van der Waals surface area contributed by atoms with Crippen molar-refractivity contribution in [3.8, 4) is 0 Å². The van der Waals surface area contributed by atoms with Gasteiger partial charge in [0.25, 0.3) is 11.8 Å².